The van der Waals surface area contributed by atoms with E-state index in [1.807, 2.05) is 13.8 Å². The number of alkyl halides is 2. The Kier molecular flexibility index (Phi) is 9.90. The first kappa shape index (κ1) is 29.2. The van der Waals surface area contributed by atoms with Crippen LogP contribution in [0.2, 0.25) is 0 Å². The molecule has 2 unspecified atom stereocenters. The van der Waals surface area contributed by atoms with Gasteiger partial charge in [0.05, 0.1) is 30.2 Å². The Morgan fingerprint density at radius 3 is 2.32 bits per heavy atom. The lowest BCUT2D eigenvalue weighted by molar-refractivity contribution is -0.126. The highest BCUT2D eigenvalue weighted by molar-refractivity contribution is 6.02. The van der Waals surface area contributed by atoms with E-state index in [0.717, 1.165) is 38.0 Å². The summed E-state index contributed by atoms with van der Waals surface area (Å²) in [5, 5.41) is 37.3. The molecule has 0 aliphatic heterocycles. The second-order valence-corrected chi connectivity index (χ2v) is 10.3. The summed E-state index contributed by atoms with van der Waals surface area (Å²) >= 11 is 0. The van der Waals surface area contributed by atoms with Gasteiger partial charge in [-0.05, 0) is 81.9 Å². The smallest absolute Gasteiger partial charge is 0.279 e. The zero-order valence-electron chi connectivity index (χ0n) is 21.9. The Hall–Kier alpha value is -3.41. The van der Waals surface area contributed by atoms with Crippen LogP contribution in [-0.2, 0) is 9.59 Å². The zero-order valence-corrected chi connectivity index (χ0v) is 21.9. The van der Waals surface area contributed by atoms with Crippen LogP contribution >= 0.6 is 0 Å². The van der Waals surface area contributed by atoms with Crippen molar-refractivity contribution >= 4 is 29.4 Å². The van der Waals surface area contributed by atoms with E-state index >= 15 is 0 Å². The van der Waals surface area contributed by atoms with Crippen LogP contribution in [0.5, 0.6) is 0 Å². The van der Waals surface area contributed by atoms with Crippen molar-refractivity contribution in [2.75, 3.05) is 11.9 Å². The van der Waals surface area contributed by atoms with Gasteiger partial charge in [-0.2, -0.15) is 5.10 Å². The van der Waals surface area contributed by atoms with Crippen molar-refractivity contribution in [1.29, 1.82) is 10.8 Å². The highest BCUT2D eigenvalue weighted by Gasteiger charge is 2.48. The first-order chi connectivity index (χ1) is 18.0. The molecule has 2 saturated carbocycles. The Morgan fingerprint density at radius 1 is 1.18 bits per heavy atom. The fourth-order valence-corrected chi connectivity index (χ4v) is 4.60. The summed E-state index contributed by atoms with van der Waals surface area (Å²) in [6.45, 7) is 4.85. The number of hydrogen-bond donors (Lipinski definition) is 6. The number of nitrogens with one attached hydrogen (secondary N) is 5. The van der Waals surface area contributed by atoms with Crippen molar-refractivity contribution in [3.8, 4) is 0 Å². The van der Waals surface area contributed by atoms with Gasteiger partial charge in [0, 0.05) is 18.5 Å². The third-order valence-corrected chi connectivity index (χ3v) is 6.79. The number of hydrogen-bond acceptors (Lipinski definition) is 7. The third kappa shape index (κ3) is 7.80. The molecule has 6 N–H and O–H groups in total. The zero-order chi connectivity index (χ0) is 28.0. The van der Waals surface area contributed by atoms with Crippen molar-refractivity contribution in [2.45, 2.75) is 71.0 Å². The van der Waals surface area contributed by atoms with Crippen LogP contribution in [0.3, 0.4) is 0 Å². The molecule has 208 valence electrons. The van der Waals surface area contributed by atoms with E-state index in [2.05, 4.69) is 21.0 Å². The van der Waals surface area contributed by atoms with E-state index < -0.39 is 36.7 Å². The van der Waals surface area contributed by atoms with Gasteiger partial charge in [-0.1, -0.05) is 0 Å². The fourth-order valence-electron chi connectivity index (χ4n) is 4.60. The second kappa shape index (κ2) is 12.9. The van der Waals surface area contributed by atoms with Crippen molar-refractivity contribution < 1.29 is 23.5 Å². The molecule has 3 rings (SSSR count). The van der Waals surface area contributed by atoms with E-state index in [1.54, 1.807) is 6.92 Å². The van der Waals surface area contributed by atoms with Gasteiger partial charge >= 0.3 is 0 Å². The number of amides is 2. The quantitative estimate of drug-likeness (QED) is 0.151. The number of nitrogens with zero attached hydrogens (tertiary/aromatic N) is 2. The molecule has 10 nitrogen and oxygen atoms in total. The molecule has 2 atom stereocenters. The van der Waals surface area contributed by atoms with E-state index in [9.17, 15) is 23.5 Å². The molecule has 2 amide bonds. The molecule has 1 aromatic heterocycles. The number of anilines is 1. The van der Waals surface area contributed by atoms with Gasteiger partial charge in [-0.15, -0.1) is 0 Å². The molecular formula is C26H37F2N7O3. The maximum atomic E-state index is 13.5. The fraction of sp³-hybridized carbons (Fsp3) is 0.577. The standard InChI is InChI=1S/C26H37F2N7O3/c1-14(2)32-21(8-9-29)25(37)34-23(22(16-4-5-16)17-6-7-17)26(38)33-19-11-31-35(12-19)15(3)18(13-36)10-20(30)24(27)28/h8-12,14-17,22-24,29-30,32,36H,4-7,13H2,1-3H3,(H,33,38)(H,34,37)/b18-10+,21-8-,29-9?,30-20?. The molecular weight excluding hydrogens is 496 g/mol. The van der Waals surface area contributed by atoms with Crippen molar-refractivity contribution in [2.24, 2.45) is 17.8 Å². The summed E-state index contributed by atoms with van der Waals surface area (Å²) in [5.74, 6) is -0.131. The maximum Gasteiger partial charge on any atom is 0.279 e. The number of aliphatic hydroxyl groups is 1. The minimum Gasteiger partial charge on any atom is -0.392 e. The Morgan fingerprint density at radius 2 is 1.82 bits per heavy atom. The number of aromatic nitrogens is 2. The summed E-state index contributed by atoms with van der Waals surface area (Å²) in [6.07, 6.45) is 7.31. The molecule has 2 aliphatic rings. The Labute approximate surface area is 221 Å². The number of allylic oxidation sites excluding steroid dienone is 2. The average Bonchev–Trinajstić information content (AvgIpc) is 3.81. The van der Waals surface area contributed by atoms with Crippen LogP contribution in [0.15, 0.2) is 35.8 Å². The van der Waals surface area contributed by atoms with Crippen molar-refractivity contribution in [1.82, 2.24) is 20.4 Å². The summed E-state index contributed by atoms with van der Waals surface area (Å²) in [6, 6.07) is -1.47. The lowest BCUT2D eigenvalue weighted by atomic mass is 9.88. The lowest BCUT2D eigenvalue weighted by Gasteiger charge is -2.28. The first-order valence-electron chi connectivity index (χ1n) is 12.9. The molecule has 1 aromatic rings. The minimum atomic E-state index is -2.96. The van der Waals surface area contributed by atoms with E-state index in [-0.39, 0.29) is 29.1 Å². The SMILES string of the molecule is CC(C)N/C(=C\C=N)C(=O)NC(C(=O)Nc1cnn(C(C)/C(=C/C(=N)C(F)F)CO)c1)C(C1CC1)C1CC1. The van der Waals surface area contributed by atoms with Gasteiger partial charge in [0.2, 0.25) is 5.91 Å². The molecule has 12 heteroatoms. The van der Waals surface area contributed by atoms with Crippen LogP contribution < -0.4 is 16.0 Å². The minimum absolute atomic E-state index is 0.00233. The number of rotatable bonds is 15. The van der Waals surface area contributed by atoms with Crippen LogP contribution in [0.25, 0.3) is 0 Å². The lowest BCUT2D eigenvalue weighted by Crippen LogP contribution is -2.51. The van der Waals surface area contributed by atoms with Gasteiger partial charge < -0.3 is 26.5 Å². The highest BCUT2D eigenvalue weighted by atomic mass is 19.3. The van der Waals surface area contributed by atoms with E-state index in [0.29, 0.717) is 17.5 Å². The van der Waals surface area contributed by atoms with Gasteiger partial charge in [0.25, 0.3) is 12.3 Å². The largest absolute Gasteiger partial charge is 0.392 e. The third-order valence-electron chi connectivity index (χ3n) is 6.79. The van der Waals surface area contributed by atoms with Crippen LogP contribution in [0.4, 0.5) is 14.5 Å². The van der Waals surface area contributed by atoms with Gasteiger partial charge in [0.15, 0.2) is 0 Å². The Bertz CT molecular complexity index is 1080. The van der Waals surface area contributed by atoms with E-state index in [4.69, 9.17) is 10.8 Å². The summed E-state index contributed by atoms with van der Waals surface area (Å²) in [4.78, 5) is 26.7. The van der Waals surface area contributed by atoms with Gasteiger partial charge in [-0.3, -0.25) is 19.7 Å². The Balaban J connectivity index is 1.79. The normalized spacial score (nSPS) is 17.9. The van der Waals surface area contributed by atoms with Crippen molar-refractivity contribution in [3.05, 3.63) is 35.8 Å². The molecule has 0 radical (unpaired) electrons. The molecule has 2 aliphatic carbocycles. The van der Waals surface area contributed by atoms with Gasteiger partial charge in [0.1, 0.15) is 11.7 Å². The first-order valence-corrected chi connectivity index (χ1v) is 12.9. The van der Waals surface area contributed by atoms with Gasteiger partial charge in [-0.25, -0.2) is 8.78 Å². The monoisotopic (exact) mass is 533 g/mol. The topological polar surface area (TPSA) is 156 Å². The molecule has 0 saturated heterocycles. The molecule has 0 aromatic carbocycles. The number of carbonyl (C=O) groups is 2. The summed E-state index contributed by atoms with van der Waals surface area (Å²) < 4.78 is 27.0. The van der Waals surface area contributed by atoms with E-state index in [1.165, 1.54) is 23.2 Å². The van der Waals surface area contributed by atoms with Crippen LogP contribution in [-0.4, -0.2) is 63.7 Å². The molecule has 1 heterocycles. The molecule has 2 fully saturated rings. The average molecular weight is 534 g/mol. The second-order valence-electron chi connectivity index (χ2n) is 10.3. The molecule has 38 heavy (non-hydrogen) atoms. The van der Waals surface area contributed by atoms with Crippen LogP contribution in [0, 0.1) is 28.6 Å². The predicted molar refractivity (Wildman–Crippen MR) is 140 cm³/mol. The summed E-state index contributed by atoms with van der Waals surface area (Å²) in [7, 11) is 0. The highest BCUT2D eigenvalue weighted by Crippen LogP contribution is 2.50. The van der Waals surface area contributed by atoms with Crippen LogP contribution in [0.1, 0.15) is 52.5 Å². The molecule has 0 spiro atoms. The number of aliphatic hydroxyl groups excluding tert-OH is 1. The molecule has 0 bridgehead atoms. The summed E-state index contributed by atoms with van der Waals surface area (Å²) in [5.41, 5.74) is -0.178. The maximum absolute atomic E-state index is 13.5. The van der Waals surface area contributed by atoms with Crippen molar-refractivity contribution in [3.63, 3.8) is 0 Å². The number of halogens is 2. The predicted octanol–water partition coefficient (Wildman–Crippen LogP) is 3.04. The number of carbonyl (C=O) groups excluding carboxylic acids is 2.